The van der Waals surface area contributed by atoms with Gasteiger partial charge >= 0.3 is 0 Å². The maximum atomic E-state index is 5.99. The lowest BCUT2D eigenvalue weighted by Gasteiger charge is -2.39. The van der Waals surface area contributed by atoms with Crippen LogP contribution in [0.1, 0.15) is 24.4 Å². The minimum atomic E-state index is 0.347. The molecule has 0 saturated carbocycles. The molecule has 0 amide bonds. The second-order valence-corrected chi connectivity index (χ2v) is 5.36. The van der Waals surface area contributed by atoms with E-state index in [2.05, 4.69) is 54.2 Å². The fourth-order valence-electron chi connectivity index (χ4n) is 2.87. The lowest BCUT2D eigenvalue weighted by molar-refractivity contribution is 0.109. The van der Waals surface area contributed by atoms with Crippen molar-refractivity contribution in [3.63, 3.8) is 0 Å². The second kappa shape index (κ2) is 6.32. The molecule has 1 atom stereocenters. The molecule has 2 rings (SSSR count). The van der Waals surface area contributed by atoms with Crippen LogP contribution in [0.3, 0.4) is 0 Å². The topological polar surface area (TPSA) is 32.5 Å². The van der Waals surface area contributed by atoms with Crippen LogP contribution in [0.2, 0.25) is 0 Å². The van der Waals surface area contributed by atoms with E-state index in [4.69, 9.17) is 5.73 Å². The Hall–Kier alpha value is -0.900. The summed E-state index contributed by atoms with van der Waals surface area (Å²) in [6.07, 6.45) is 2.49. The Morgan fingerprint density at radius 3 is 2.44 bits per heavy atom. The van der Waals surface area contributed by atoms with Crippen molar-refractivity contribution in [1.29, 1.82) is 0 Å². The van der Waals surface area contributed by atoms with Crippen LogP contribution >= 0.6 is 0 Å². The first-order valence-corrected chi connectivity index (χ1v) is 6.88. The Kier molecular flexibility index (Phi) is 4.75. The van der Waals surface area contributed by atoms with Gasteiger partial charge in [-0.25, -0.2) is 0 Å². The van der Waals surface area contributed by atoms with Gasteiger partial charge < -0.3 is 10.6 Å². The van der Waals surface area contributed by atoms with E-state index in [9.17, 15) is 0 Å². The van der Waals surface area contributed by atoms with Crippen molar-refractivity contribution < 1.29 is 0 Å². The first kappa shape index (κ1) is 13.5. The zero-order valence-electron chi connectivity index (χ0n) is 11.5. The molecule has 0 radical (unpaired) electrons. The lowest BCUT2D eigenvalue weighted by atomic mass is 9.99. The predicted molar refractivity (Wildman–Crippen MR) is 76.5 cm³/mol. The smallest absolute Gasteiger partial charge is 0.0470 e. The van der Waals surface area contributed by atoms with Crippen LogP contribution in [-0.4, -0.2) is 49.6 Å². The van der Waals surface area contributed by atoms with Crippen molar-refractivity contribution in [2.24, 2.45) is 5.73 Å². The van der Waals surface area contributed by atoms with Crippen LogP contribution in [-0.2, 0) is 0 Å². The highest BCUT2D eigenvalue weighted by Crippen LogP contribution is 2.24. The number of rotatable bonds is 4. The lowest BCUT2D eigenvalue weighted by Crippen LogP contribution is -2.45. The molecule has 1 saturated heterocycles. The maximum Gasteiger partial charge on any atom is 0.0470 e. The van der Waals surface area contributed by atoms with Gasteiger partial charge in [-0.05, 0) is 45.6 Å². The average Bonchev–Trinajstić information content (AvgIpc) is 2.41. The minimum absolute atomic E-state index is 0.347. The first-order valence-electron chi connectivity index (χ1n) is 6.88. The van der Waals surface area contributed by atoms with Gasteiger partial charge in [-0.2, -0.15) is 0 Å². The number of piperidine rings is 1. The monoisotopic (exact) mass is 247 g/mol. The van der Waals surface area contributed by atoms with Crippen LogP contribution in [0.5, 0.6) is 0 Å². The standard InChI is InChI=1S/C15H25N3/c1-17-10-8-14(9-11-17)18(2)15(12-16)13-6-4-3-5-7-13/h3-7,14-15H,8-12,16H2,1-2H3. The quantitative estimate of drug-likeness (QED) is 0.879. The van der Waals surface area contributed by atoms with Gasteiger partial charge in [0.1, 0.15) is 0 Å². The Morgan fingerprint density at radius 2 is 1.89 bits per heavy atom. The summed E-state index contributed by atoms with van der Waals surface area (Å²) in [6.45, 7) is 3.08. The van der Waals surface area contributed by atoms with E-state index in [1.807, 2.05) is 0 Å². The molecule has 1 aliphatic rings. The summed E-state index contributed by atoms with van der Waals surface area (Å²) in [5.41, 5.74) is 7.32. The summed E-state index contributed by atoms with van der Waals surface area (Å²) in [7, 11) is 4.42. The Morgan fingerprint density at radius 1 is 1.28 bits per heavy atom. The van der Waals surface area contributed by atoms with Gasteiger partial charge in [0, 0.05) is 18.6 Å². The summed E-state index contributed by atoms with van der Waals surface area (Å²) in [4.78, 5) is 4.88. The number of hydrogen-bond acceptors (Lipinski definition) is 3. The third-order valence-corrected chi connectivity index (χ3v) is 4.16. The Balaban J connectivity index is 2.04. The van der Waals surface area contributed by atoms with Gasteiger partial charge in [0.2, 0.25) is 0 Å². The zero-order valence-corrected chi connectivity index (χ0v) is 11.5. The normalized spacial score (nSPS) is 20.2. The van der Waals surface area contributed by atoms with Gasteiger partial charge in [-0.1, -0.05) is 30.3 Å². The van der Waals surface area contributed by atoms with E-state index in [0.717, 1.165) is 0 Å². The van der Waals surface area contributed by atoms with Crippen molar-refractivity contribution in [1.82, 2.24) is 9.80 Å². The molecule has 1 unspecified atom stereocenters. The summed E-state index contributed by atoms with van der Waals surface area (Å²) >= 11 is 0. The summed E-state index contributed by atoms with van der Waals surface area (Å²) in [5, 5.41) is 0. The van der Waals surface area contributed by atoms with Gasteiger partial charge in [0.15, 0.2) is 0 Å². The fraction of sp³-hybridized carbons (Fsp3) is 0.600. The molecule has 3 nitrogen and oxygen atoms in total. The van der Waals surface area contributed by atoms with Gasteiger partial charge in [-0.3, -0.25) is 4.90 Å². The van der Waals surface area contributed by atoms with Crippen LogP contribution in [0.15, 0.2) is 30.3 Å². The van der Waals surface area contributed by atoms with Crippen LogP contribution in [0, 0.1) is 0 Å². The Labute approximate surface area is 111 Å². The van der Waals surface area contributed by atoms with Gasteiger partial charge in [0.05, 0.1) is 0 Å². The third kappa shape index (κ3) is 3.10. The van der Waals surface area contributed by atoms with Gasteiger partial charge in [0.25, 0.3) is 0 Å². The molecule has 18 heavy (non-hydrogen) atoms. The molecule has 1 heterocycles. The molecule has 1 fully saturated rings. The average molecular weight is 247 g/mol. The number of benzene rings is 1. The van der Waals surface area contributed by atoms with Crippen molar-refractivity contribution in [3.8, 4) is 0 Å². The number of nitrogens with zero attached hydrogens (tertiary/aromatic N) is 2. The number of hydrogen-bond donors (Lipinski definition) is 1. The highest BCUT2D eigenvalue weighted by molar-refractivity contribution is 5.19. The summed E-state index contributed by atoms with van der Waals surface area (Å²) in [5.74, 6) is 0. The molecular formula is C15H25N3. The van der Waals surface area contributed by atoms with Crippen LogP contribution in [0.25, 0.3) is 0 Å². The molecule has 0 bridgehead atoms. The molecule has 3 heteroatoms. The molecule has 1 aliphatic heterocycles. The van der Waals surface area contributed by atoms with Crippen molar-refractivity contribution in [2.75, 3.05) is 33.7 Å². The molecule has 1 aromatic rings. The van der Waals surface area contributed by atoms with Crippen LogP contribution < -0.4 is 5.73 Å². The maximum absolute atomic E-state index is 5.99. The number of nitrogens with two attached hydrogens (primary N) is 1. The molecule has 2 N–H and O–H groups in total. The summed E-state index contributed by atoms with van der Waals surface area (Å²) < 4.78 is 0. The largest absolute Gasteiger partial charge is 0.329 e. The predicted octanol–water partition coefficient (Wildman–Crippen LogP) is 1.71. The molecule has 0 aliphatic carbocycles. The van der Waals surface area contributed by atoms with Crippen molar-refractivity contribution in [3.05, 3.63) is 35.9 Å². The molecule has 0 aromatic heterocycles. The molecule has 100 valence electrons. The van der Waals surface area contributed by atoms with Crippen LogP contribution in [0.4, 0.5) is 0 Å². The highest BCUT2D eigenvalue weighted by atomic mass is 15.2. The van der Waals surface area contributed by atoms with E-state index >= 15 is 0 Å². The van der Waals surface area contributed by atoms with Gasteiger partial charge in [-0.15, -0.1) is 0 Å². The highest BCUT2D eigenvalue weighted by Gasteiger charge is 2.25. The first-order chi connectivity index (χ1) is 8.72. The van der Waals surface area contributed by atoms with E-state index in [-0.39, 0.29) is 0 Å². The third-order valence-electron chi connectivity index (χ3n) is 4.16. The number of likely N-dealkylation sites (tertiary alicyclic amines) is 1. The Bertz CT molecular complexity index is 344. The van der Waals surface area contributed by atoms with Crippen molar-refractivity contribution in [2.45, 2.75) is 24.9 Å². The zero-order chi connectivity index (χ0) is 13.0. The minimum Gasteiger partial charge on any atom is -0.329 e. The second-order valence-electron chi connectivity index (χ2n) is 5.36. The van der Waals surface area contributed by atoms with E-state index in [1.165, 1.54) is 31.5 Å². The van der Waals surface area contributed by atoms with E-state index in [1.54, 1.807) is 0 Å². The molecular weight excluding hydrogens is 222 g/mol. The SMILES string of the molecule is CN1CCC(N(C)C(CN)c2ccccc2)CC1. The van der Waals surface area contributed by atoms with E-state index in [0.29, 0.717) is 18.6 Å². The fourth-order valence-corrected chi connectivity index (χ4v) is 2.87. The molecule has 1 aromatic carbocycles. The van der Waals surface area contributed by atoms with E-state index < -0.39 is 0 Å². The number of likely N-dealkylation sites (N-methyl/N-ethyl adjacent to an activating group) is 1. The molecule has 0 spiro atoms. The van der Waals surface area contributed by atoms with Crippen molar-refractivity contribution >= 4 is 0 Å². The summed E-state index contributed by atoms with van der Waals surface area (Å²) in [6, 6.07) is 11.6.